The van der Waals surface area contributed by atoms with Gasteiger partial charge in [-0.2, -0.15) is 0 Å². The van der Waals surface area contributed by atoms with Gasteiger partial charge in [-0.15, -0.1) is 0 Å². The van der Waals surface area contributed by atoms with Crippen LogP contribution in [0.4, 0.5) is 4.79 Å². The summed E-state index contributed by atoms with van der Waals surface area (Å²) in [7, 11) is 0. The summed E-state index contributed by atoms with van der Waals surface area (Å²) in [6, 6.07) is -1.39. The van der Waals surface area contributed by atoms with Gasteiger partial charge in [-0.25, -0.2) is 4.79 Å². The Morgan fingerprint density at radius 3 is 2.60 bits per heavy atom. The Morgan fingerprint density at radius 2 is 2.10 bits per heavy atom. The van der Waals surface area contributed by atoms with Crippen LogP contribution in [0.25, 0.3) is 0 Å². The van der Waals surface area contributed by atoms with Crippen LogP contribution in [0, 0.1) is 11.8 Å². The van der Waals surface area contributed by atoms with E-state index in [1.165, 1.54) is 0 Å². The average molecular weight is 285 g/mol. The molecule has 1 aliphatic carbocycles. The molecule has 0 heterocycles. The largest absolute Gasteiger partial charge is 0.388 e. The van der Waals surface area contributed by atoms with E-state index in [0.717, 1.165) is 12.8 Å². The SMILES string of the molecule is CC1CCCC(O)(CNC(=O)C(NC(N)=O)C(C)C)C1. The van der Waals surface area contributed by atoms with Crippen molar-refractivity contribution in [1.29, 1.82) is 0 Å². The summed E-state index contributed by atoms with van der Waals surface area (Å²) in [6.07, 6.45) is 3.49. The maximum Gasteiger partial charge on any atom is 0.312 e. The fraction of sp³-hybridized carbons (Fsp3) is 0.857. The molecular formula is C14H27N3O3. The molecule has 0 radical (unpaired) electrons. The van der Waals surface area contributed by atoms with Crippen molar-refractivity contribution in [1.82, 2.24) is 10.6 Å². The number of urea groups is 1. The smallest absolute Gasteiger partial charge is 0.312 e. The molecule has 0 aromatic carbocycles. The maximum absolute atomic E-state index is 12.1. The van der Waals surface area contributed by atoms with E-state index in [4.69, 9.17) is 5.73 Å². The third kappa shape index (κ3) is 5.00. The highest BCUT2D eigenvalue weighted by atomic mass is 16.3. The fourth-order valence-corrected chi connectivity index (χ4v) is 2.84. The van der Waals surface area contributed by atoms with Gasteiger partial charge < -0.3 is 21.5 Å². The molecule has 3 amide bonds. The van der Waals surface area contributed by atoms with E-state index in [1.807, 2.05) is 13.8 Å². The third-order valence-electron chi connectivity index (χ3n) is 3.91. The zero-order valence-electron chi connectivity index (χ0n) is 12.6. The normalized spacial score (nSPS) is 27.9. The minimum Gasteiger partial charge on any atom is -0.388 e. The molecule has 0 aliphatic heterocycles. The zero-order chi connectivity index (χ0) is 15.3. The number of rotatable bonds is 5. The molecule has 1 aliphatic rings. The lowest BCUT2D eigenvalue weighted by molar-refractivity contribution is -0.125. The highest BCUT2D eigenvalue weighted by Crippen LogP contribution is 2.31. The molecule has 0 aromatic rings. The van der Waals surface area contributed by atoms with Gasteiger partial charge in [0.1, 0.15) is 6.04 Å². The van der Waals surface area contributed by atoms with Crippen molar-refractivity contribution < 1.29 is 14.7 Å². The molecule has 1 saturated carbocycles. The summed E-state index contributed by atoms with van der Waals surface area (Å²) in [5, 5.41) is 15.6. The van der Waals surface area contributed by atoms with E-state index >= 15 is 0 Å². The first kappa shape index (κ1) is 16.8. The Balaban J connectivity index is 2.53. The van der Waals surface area contributed by atoms with Gasteiger partial charge in [-0.3, -0.25) is 4.79 Å². The average Bonchev–Trinajstić information content (AvgIpc) is 2.32. The van der Waals surface area contributed by atoms with Crippen molar-refractivity contribution in [2.24, 2.45) is 17.6 Å². The van der Waals surface area contributed by atoms with Gasteiger partial charge in [-0.1, -0.05) is 33.6 Å². The van der Waals surface area contributed by atoms with Gasteiger partial charge in [-0.05, 0) is 24.7 Å². The van der Waals surface area contributed by atoms with Crippen LogP contribution in [0.15, 0.2) is 0 Å². The summed E-state index contributed by atoms with van der Waals surface area (Å²) in [6.45, 7) is 5.99. The Labute approximate surface area is 120 Å². The number of hydrogen-bond acceptors (Lipinski definition) is 3. The number of aliphatic hydroxyl groups is 1. The second kappa shape index (κ2) is 6.92. The van der Waals surface area contributed by atoms with Crippen molar-refractivity contribution in [3.8, 4) is 0 Å². The molecule has 1 rings (SSSR count). The number of nitrogens with two attached hydrogens (primary N) is 1. The van der Waals surface area contributed by atoms with Crippen LogP contribution in [0.2, 0.25) is 0 Å². The van der Waals surface area contributed by atoms with Crippen LogP contribution in [-0.2, 0) is 4.79 Å². The topological polar surface area (TPSA) is 104 Å². The fourth-order valence-electron chi connectivity index (χ4n) is 2.84. The first-order valence-electron chi connectivity index (χ1n) is 7.29. The summed E-state index contributed by atoms with van der Waals surface area (Å²) in [5.74, 6) is 0.100. The third-order valence-corrected chi connectivity index (χ3v) is 3.91. The molecule has 20 heavy (non-hydrogen) atoms. The molecule has 6 nitrogen and oxygen atoms in total. The number of carbonyl (C=O) groups is 2. The monoisotopic (exact) mass is 285 g/mol. The van der Waals surface area contributed by atoms with Crippen molar-refractivity contribution in [2.45, 2.75) is 58.1 Å². The lowest BCUT2D eigenvalue weighted by Crippen LogP contribution is -2.54. The van der Waals surface area contributed by atoms with Crippen LogP contribution in [-0.4, -0.2) is 35.2 Å². The van der Waals surface area contributed by atoms with E-state index in [1.54, 1.807) is 0 Å². The minimum atomic E-state index is -0.832. The van der Waals surface area contributed by atoms with Crippen LogP contribution in [0.3, 0.4) is 0 Å². The Kier molecular flexibility index (Phi) is 5.80. The number of carbonyl (C=O) groups excluding carboxylic acids is 2. The van der Waals surface area contributed by atoms with E-state index in [-0.39, 0.29) is 18.4 Å². The van der Waals surface area contributed by atoms with Gasteiger partial charge >= 0.3 is 6.03 Å². The van der Waals surface area contributed by atoms with Crippen molar-refractivity contribution >= 4 is 11.9 Å². The van der Waals surface area contributed by atoms with Gasteiger partial charge in [0.2, 0.25) is 5.91 Å². The lowest BCUT2D eigenvalue weighted by Gasteiger charge is -2.36. The summed E-state index contributed by atoms with van der Waals surface area (Å²) < 4.78 is 0. The standard InChI is InChI=1S/C14H27N3O3/c1-9(2)11(17-13(15)19)12(18)16-8-14(20)6-4-5-10(3)7-14/h9-11,20H,4-8H2,1-3H3,(H,16,18)(H3,15,17,19). The van der Waals surface area contributed by atoms with Crippen LogP contribution >= 0.6 is 0 Å². The molecule has 116 valence electrons. The van der Waals surface area contributed by atoms with E-state index in [2.05, 4.69) is 17.6 Å². The summed E-state index contributed by atoms with van der Waals surface area (Å²) in [5.41, 5.74) is 4.24. The quantitative estimate of drug-likeness (QED) is 0.598. The van der Waals surface area contributed by atoms with Gasteiger partial charge in [0.25, 0.3) is 0 Å². The molecule has 1 fully saturated rings. The van der Waals surface area contributed by atoms with Crippen LogP contribution in [0.1, 0.15) is 46.5 Å². The summed E-state index contributed by atoms with van der Waals surface area (Å²) >= 11 is 0. The van der Waals surface area contributed by atoms with E-state index in [9.17, 15) is 14.7 Å². The summed E-state index contributed by atoms with van der Waals surface area (Å²) in [4.78, 5) is 23.0. The molecule has 5 N–H and O–H groups in total. The minimum absolute atomic E-state index is 0.0672. The van der Waals surface area contributed by atoms with Gasteiger partial charge in [0.15, 0.2) is 0 Å². The lowest BCUT2D eigenvalue weighted by atomic mass is 9.79. The molecule has 3 unspecified atom stereocenters. The van der Waals surface area contributed by atoms with Crippen LogP contribution < -0.4 is 16.4 Å². The number of hydrogen-bond donors (Lipinski definition) is 4. The highest BCUT2D eigenvalue weighted by molar-refractivity contribution is 5.86. The second-order valence-electron chi connectivity index (χ2n) is 6.37. The predicted molar refractivity (Wildman–Crippen MR) is 76.9 cm³/mol. The second-order valence-corrected chi connectivity index (χ2v) is 6.37. The molecule has 0 spiro atoms. The first-order chi connectivity index (χ1) is 9.23. The molecule has 0 aromatic heterocycles. The van der Waals surface area contributed by atoms with E-state index < -0.39 is 17.7 Å². The van der Waals surface area contributed by atoms with Gasteiger partial charge in [0, 0.05) is 6.54 Å². The number of nitrogens with one attached hydrogen (secondary N) is 2. The number of amides is 3. The maximum atomic E-state index is 12.1. The van der Waals surface area contributed by atoms with Crippen molar-refractivity contribution in [2.75, 3.05) is 6.54 Å². The molecule has 0 saturated heterocycles. The van der Waals surface area contributed by atoms with E-state index in [0.29, 0.717) is 18.8 Å². The molecular weight excluding hydrogens is 258 g/mol. The Hall–Kier alpha value is -1.30. The number of primary amides is 1. The molecule has 6 heteroatoms. The Bertz CT molecular complexity index is 360. The molecule has 0 bridgehead atoms. The molecule has 3 atom stereocenters. The van der Waals surface area contributed by atoms with Crippen molar-refractivity contribution in [3.63, 3.8) is 0 Å². The Morgan fingerprint density at radius 1 is 1.45 bits per heavy atom. The first-order valence-corrected chi connectivity index (χ1v) is 7.29. The zero-order valence-corrected chi connectivity index (χ0v) is 12.6. The van der Waals surface area contributed by atoms with Crippen LogP contribution in [0.5, 0.6) is 0 Å². The predicted octanol–water partition coefficient (Wildman–Crippen LogP) is 0.737. The van der Waals surface area contributed by atoms with Crippen molar-refractivity contribution in [3.05, 3.63) is 0 Å². The van der Waals surface area contributed by atoms with Gasteiger partial charge in [0.05, 0.1) is 5.60 Å². The highest BCUT2D eigenvalue weighted by Gasteiger charge is 2.34.